The minimum absolute atomic E-state index is 0.218. The van der Waals surface area contributed by atoms with Crippen LogP contribution in [0, 0.1) is 0 Å². The van der Waals surface area contributed by atoms with Crippen molar-refractivity contribution < 1.29 is 33.3 Å². The highest BCUT2D eigenvalue weighted by Gasteiger charge is 2.61. The van der Waals surface area contributed by atoms with Gasteiger partial charge in [-0.05, 0) is 38.3 Å². The van der Waals surface area contributed by atoms with Gasteiger partial charge in [0.1, 0.15) is 18.8 Å². The van der Waals surface area contributed by atoms with Crippen LogP contribution in [-0.4, -0.2) is 48.4 Å². The molecule has 4 unspecified atom stereocenters. The predicted molar refractivity (Wildman–Crippen MR) is 93.5 cm³/mol. The molecule has 3 rings (SSSR count). The molecule has 1 saturated heterocycles. The average Bonchev–Trinajstić information content (AvgIpc) is 3.12. The summed E-state index contributed by atoms with van der Waals surface area (Å²) in [7, 11) is 0. The fraction of sp³-hybridized carbons (Fsp3) is 0.600. The molecule has 0 amide bonds. The zero-order chi connectivity index (χ0) is 19.8. The van der Waals surface area contributed by atoms with Gasteiger partial charge in [-0.2, -0.15) is 0 Å². The molecule has 1 fully saturated rings. The molecule has 1 aliphatic carbocycles. The highest BCUT2D eigenvalue weighted by atomic mass is 16.6. The lowest BCUT2D eigenvalue weighted by molar-refractivity contribution is -0.145. The third-order valence-corrected chi connectivity index (χ3v) is 5.05. The van der Waals surface area contributed by atoms with Gasteiger partial charge >= 0.3 is 17.9 Å². The second kappa shape index (κ2) is 7.33. The Hall–Kier alpha value is -2.37. The van der Waals surface area contributed by atoms with E-state index in [0.717, 1.165) is 18.4 Å². The number of fused-ring (bicyclic) bond motifs is 3. The maximum atomic E-state index is 12.5. The molecule has 0 aromatic carbocycles. The van der Waals surface area contributed by atoms with Gasteiger partial charge in [-0.3, -0.25) is 9.59 Å². The molecule has 0 N–H and O–H groups in total. The van der Waals surface area contributed by atoms with E-state index in [1.807, 2.05) is 19.9 Å². The van der Waals surface area contributed by atoms with E-state index in [0.29, 0.717) is 12.0 Å². The smallest absolute Gasteiger partial charge is 0.338 e. The van der Waals surface area contributed by atoms with Crippen LogP contribution in [0.2, 0.25) is 0 Å². The standard InChI is InChI=1S/C20H24O7/c1-11-7-5-6-8-20(4)18(27-20)17-16(15(9-11)25-13(3)22)14(19(23)26-17)10-24-12(2)21/h5,15,17-18H,6,8-10H2,1-4H3. The number of esters is 3. The Morgan fingerprint density at radius 3 is 2.74 bits per heavy atom. The van der Waals surface area contributed by atoms with Gasteiger partial charge in [0.25, 0.3) is 0 Å². The predicted octanol–water partition coefficient (Wildman–Crippen LogP) is 2.15. The van der Waals surface area contributed by atoms with Crippen LogP contribution in [0.25, 0.3) is 0 Å². The minimum Gasteiger partial charge on any atom is -0.461 e. The minimum atomic E-state index is -0.711. The SMILES string of the molecule is CC(=O)OCC1=C2C(OC(C)=O)CC(C)=C=CCCC3(C)OC3C2OC1=O. The van der Waals surface area contributed by atoms with Crippen molar-refractivity contribution in [3.05, 3.63) is 28.5 Å². The normalized spacial score (nSPS) is 32.5. The van der Waals surface area contributed by atoms with Crippen molar-refractivity contribution in [2.45, 2.75) is 70.9 Å². The van der Waals surface area contributed by atoms with E-state index in [9.17, 15) is 14.4 Å². The van der Waals surface area contributed by atoms with Crippen LogP contribution in [0.4, 0.5) is 0 Å². The highest BCUT2D eigenvalue weighted by molar-refractivity contribution is 5.93. The van der Waals surface area contributed by atoms with Crippen molar-refractivity contribution in [3.63, 3.8) is 0 Å². The van der Waals surface area contributed by atoms with Gasteiger partial charge < -0.3 is 18.9 Å². The number of carbonyl (C=O) groups excluding carboxylic acids is 3. The molecule has 0 aromatic heterocycles. The summed E-state index contributed by atoms with van der Waals surface area (Å²) in [6.45, 7) is 6.22. The molecule has 0 radical (unpaired) electrons. The van der Waals surface area contributed by atoms with Crippen LogP contribution in [0.15, 0.2) is 28.5 Å². The first kappa shape index (κ1) is 19.4. The summed E-state index contributed by atoms with van der Waals surface area (Å²) in [4.78, 5) is 35.5. The van der Waals surface area contributed by atoms with E-state index in [1.54, 1.807) is 0 Å². The Labute approximate surface area is 158 Å². The number of epoxide rings is 1. The zero-order valence-corrected chi connectivity index (χ0v) is 16.0. The van der Waals surface area contributed by atoms with Crippen molar-refractivity contribution in [2.24, 2.45) is 0 Å². The average molecular weight is 376 g/mol. The van der Waals surface area contributed by atoms with E-state index >= 15 is 0 Å². The van der Waals surface area contributed by atoms with Gasteiger partial charge in [-0.25, -0.2) is 4.79 Å². The second-order valence-corrected chi connectivity index (χ2v) is 7.36. The maximum absolute atomic E-state index is 12.5. The van der Waals surface area contributed by atoms with E-state index in [4.69, 9.17) is 18.9 Å². The van der Waals surface area contributed by atoms with Crippen molar-refractivity contribution in [3.8, 4) is 0 Å². The van der Waals surface area contributed by atoms with Gasteiger partial charge in [-0.1, -0.05) is 0 Å². The van der Waals surface area contributed by atoms with Gasteiger partial charge in [-0.15, -0.1) is 5.73 Å². The highest BCUT2D eigenvalue weighted by Crippen LogP contribution is 2.48. The van der Waals surface area contributed by atoms with Crippen molar-refractivity contribution >= 4 is 17.9 Å². The Kier molecular flexibility index (Phi) is 5.27. The Bertz CT molecular complexity index is 771. The monoisotopic (exact) mass is 376 g/mol. The molecule has 0 aromatic rings. The first-order chi connectivity index (χ1) is 12.7. The zero-order valence-electron chi connectivity index (χ0n) is 16.0. The molecule has 3 aliphatic rings. The Morgan fingerprint density at radius 2 is 2.07 bits per heavy atom. The number of ether oxygens (including phenoxy) is 4. The molecule has 146 valence electrons. The Balaban J connectivity index is 2.05. The van der Waals surface area contributed by atoms with Crippen LogP contribution in [-0.2, 0) is 33.3 Å². The molecule has 27 heavy (non-hydrogen) atoms. The molecule has 7 heteroatoms. The topological polar surface area (TPSA) is 91.4 Å². The molecule has 7 nitrogen and oxygen atoms in total. The van der Waals surface area contributed by atoms with E-state index < -0.39 is 35.7 Å². The van der Waals surface area contributed by atoms with Gasteiger partial charge in [0.2, 0.25) is 0 Å². The number of rotatable bonds is 3. The van der Waals surface area contributed by atoms with Gasteiger partial charge in [0.15, 0.2) is 6.10 Å². The summed E-state index contributed by atoms with van der Waals surface area (Å²) in [5.74, 6) is -1.55. The van der Waals surface area contributed by atoms with Crippen LogP contribution < -0.4 is 0 Å². The van der Waals surface area contributed by atoms with Crippen LogP contribution >= 0.6 is 0 Å². The molecular weight excluding hydrogens is 352 g/mol. The molecule has 2 heterocycles. The Morgan fingerprint density at radius 1 is 1.33 bits per heavy atom. The summed E-state index contributed by atoms with van der Waals surface area (Å²) in [6, 6.07) is 0. The quantitative estimate of drug-likeness (QED) is 0.322. The molecular formula is C20H24O7. The molecule has 0 spiro atoms. The summed E-state index contributed by atoms with van der Waals surface area (Å²) in [5, 5.41) is 0. The largest absolute Gasteiger partial charge is 0.461 e. The maximum Gasteiger partial charge on any atom is 0.338 e. The number of hydrogen-bond donors (Lipinski definition) is 0. The van der Waals surface area contributed by atoms with E-state index in [-0.39, 0.29) is 18.3 Å². The molecule has 0 saturated carbocycles. The van der Waals surface area contributed by atoms with Crippen LogP contribution in [0.5, 0.6) is 0 Å². The van der Waals surface area contributed by atoms with Gasteiger partial charge in [0.05, 0.1) is 11.2 Å². The van der Waals surface area contributed by atoms with Crippen molar-refractivity contribution in [1.82, 2.24) is 0 Å². The summed E-state index contributed by atoms with van der Waals surface area (Å²) in [6.07, 6.45) is 2.16. The first-order valence-electron chi connectivity index (χ1n) is 9.04. The van der Waals surface area contributed by atoms with Gasteiger partial charge in [0, 0.05) is 25.8 Å². The van der Waals surface area contributed by atoms with E-state index in [1.165, 1.54) is 13.8 Å². The molecule has 0 bridgehead atoms. The summed E-state index contributed by atoms with van der Waals surface area (Å²) in [5.41, 5.74) is 4.41. The molecule has 4 atom stereocenters. The lowest BCUT2D eigenvalue weighted by Gasteiger charge is -2.23. The fourth-order valence-corrected chi connectivity index (χ4v) is 3.65. The third-order valence-electron chi connectivity index (χ3n) is 5.05. The number of hydrogen-bond acceptors (Lipinski definition) is 7. The van der Waals surface area contributed by atoms with Crippen molar-refractivity contribution in [2.75, 3.05) is 6.61 Å². The number of carbonyl (C=O) groups is 3. The van der Waals surface area contributed by atoms with E-state index in [2.05, 4.69) is 5.73 Å². The first-order valence-corrected chi connectivity index (χ1v) is 9.04. The lowest BCUT2D eigenvalue weighted by atomic mass is 9.89. The third kappa shape index (κ3) is 4.15. The van der Waals surface area contributed by atoms with Crippen LogP contribution in [0.3, 0.4) is 0 Å². The molecule has 2 aliphatic heterocycles. The lowest BCUT2D eigenvalue weighted by Crippen LogP contribution is -2.32. The summed E-state index contributed by atoms with van der Waals surface area (Å²) >= 11 is 0. The van der Waals surface area contributed by atoms with Crippen LogP contribution in [0.1, 0.15) is 47.0 Å². The summed E-state index contributed by atoms with van der Waals surface area (Å²) < 4.78 is 22.0. The van der Waals surface area contributed by atoms with Crippen molar-refractivity contribution in [1.29, 1.82) is 0 Å². The fourth-order valence-electron chi connectivity index (χ4n) is 3.65. The second-order valence-electron chi connectivity index (χ2n) is 7.36.